The maximum atomic E-state index is 13.6. The van der Waals surface area contributed by atoms with Crippen molar-refractivity contribution in [2.45, 2.75) is 12.5 Å². The Balaban J connectivity index is 0.000000488. The summed E-state index contributed by atoms with van der Waals surface area (Å²) in [5.74, 6) is -3.55. The Hall–Kier alpha value is -3.49. The highest BCUT2D eigenvalue weighted by Crippen LogP contribution is 2.29. The largest absolute Gasteiger partial charge is 0.461 e. The lowest BCUT2D eigenvalue weighted by molar-refractivity contribution is -0.253. The van der Waals surface area contributed by atoms with Crippen molar-refractivity contribution in [3.8, 4) is 5.75 Å². The number of anilines is 1. The third kappa shape index (κ3) is 6.77. The molecule has 0 unspecified atom stereocenters. The van der Waals surface area contributed by atoms with E-state index in [4.69, 9.17) is 0 Å². The van der Waals surface area contributed by atoms with Crippen LogP contribution in [0.4, 0.5) is 32.0 Å². The van der Waals surface area contributed by atoms with Crippen molar-refractivity contribution in [2.24, 2.45) is 0 Å². The van der Waals surface area contributed by atoms with Gasteiger partial charge in [0.25, 0.3) is 0 Å². The molecule has 0 fully saturated rings. The molecule has 0 aliphatic carbocycles. The molecule has 164 valence electrons. The van der Waals surface area contributed by atoms with Crippen molar-refractivity contribution < 1.29 is 35.9 Å². The highest BCUT2D eigenvalue weighted by Gasteiger charge is 2.44. The van der Waals surface area contributed by atoms with E-state index in [-0.39, 0.29) is 11.3 Å². The van der Waals surface area contributed by atoms with E-state index in [9.17, 15) is 31.1 Å². The molecule has 0 radical (unpaired) electrons. The maximum absolute atomic E-state index is 13.6. The SMILES string of the molecule is CNc1cc(C(=O)c2cc(F)cc(OC(F)(F)C(F)F)c2)ccc1F.c1ccccc1. The van der Waals surface area contributed by atoms with E-state index in [0.717, 1.165) is 24.3 Å². The van der Waals surface area contributed by atoms with E-state index in [1.54, 1.807) is 0 Å². The molecular formula is C22H17F6NO2. The Morgan fingerprint density at radius 2 is 1.48 bits per heavy atom. The van der Waals surface area contributed by atoms with Gasteiger partial charge in [-0.2, -0.15) is 17.6 Å². The van der Waals surface area contributed by atoms with Crippen LogP contribution in [-0.4, -0.2) is 25.4 Å². The van der Waals surface area contributed by atoms with Crippen molar-refractivity contribution in [3.05, 3.63) is 95.6 Å². The molecule has 0 bridgehead atoms. The van der Waals surface area contributed by atoms with Crippen LogP contribution in [0.15, 0.2) is 72.8 Å². The summed E-state index contributed by atoms with van der Waals surface area (Å²) >= 11 is 0. The third-order valence-electron chi connectivity index (χ3n) is 3.81. The van der Waals surface area contributed by atoms with Crippen LogP contribution in [0.25, 0.3) is 0 Å². The van der Waals surface area contributed by atoms with Crippen LogP contribution in [0, 0.1) is 11.6 Å². The van der Waals surface area contributed by atoms with Gasteiger partial charge < -0.3 is 10.1 Å². The lowest BCUT2D eigenvalue weighted by atomic mass is 10.0. The lowest BCUT2D eigenvalue weighted by Gasteiger charge is -2.17. The molecule has 31 heavy (non-hydrogen) atoms. The average molecular weight is 441 g/mol. The zero-order valence-corrected chi connectivity index (χ0v) is 16.1. The molecule has 0 aromatic heterocycles. The van der Waals surface area contributed by atoms with Crippen molar-refractivity contribution in [1.82, 2.24) is 0 Å². The molecule has 0 heterocycles. The summed E-state index contributed by atoms with van der Waals surface area (Å²) in [5, 5.41) is 2.50. The number of ketones is 1. The van der Waals surface area contributed by atoms with E-state index in [1.165, 1.54) is 7.05 Å². The van der Waals surface area contributed by atoms with Crippen LogP contribution in [0.3, 0.4) is 0 Å². The molecule has 3 aromatic carbocycles. The standard InChI is InChI=1S/C16H11F6NO2.C6H6/c1-23-13-6-8(2-3-12(13)18)14(24)9-4-10(17)7-11(5-9)25-16(21,22)15(19)20;1-2-4-6-5-3-1/h2-7,15,23H,1H3;1-6H. The van der Waals surface area contributed by atoms with E-state index < -0.39 is 41.3 Å². The molecule has 0 amide bonds. The number of carbonyl (C=O) groups is 1. The molecule has 9 heteroatoms. The fourth-order valence-electron chi connectivity index (χ4n) is 2.36. The van der Waals surface area contributed by atoms with Gasteiger partial charge in [0.2, 0.25) is 0 Å². The molecule has 0 spiro atoms. The molecule has 1 N–H and O–H groups in total. The van der Waals surface area contributed by atoms with Crippen molar-refractivity contribution >= 4 is 11.5 Å². The van der Waals surface area contributed by atoms with Gasteiger partial charge in [-0.15, -0.1) is 0 Å². The second-order valence-corrected chi connectivity index (χ2v) is 6.07. The van der Waals surface area contributed by atoms with Crippen LogP contribution >= 0.6 is 0 Å². The molecular weight excluding hydrogens is 424 g/mol. The van der Waals surface area contributed by atoms with Crippen molar-refractivity contribution in [3.63, 3.8) is 0 Å². The van der Waals surface area contributed by atoms with E-state index >= 15 is 0 Å². The maximum Gasteiger partial charge on any atom is 0.461 e. The molecule has 0 aliphatic rings. The average Bonchev–Trinajstić information content (AvgIpc) is 2.74. The smallest absolute Gasteiger partial charge is 0.428 e. The minimum Gasteiger partial charge on any atom is -0.428 e. The van der Waals surface area contributed by atoms with Gasteiger partial charge in [0.15, 0.2) is 5.78 Å². The number of alkyl halides is 4. The molecule has 0 saturated heterocycles. The first-order valence-electron chi connectivity index (χ1n) is 8.81. The fourth-order valence-corrected chi connectivity index (χ4v) is 2.36. The number of benzene rings is 3. The van der Waals surface area contributed by atoms with Gasteiger partial charge in [0, 0.05) is 24.2 Å². The normalized spacial score (nSPS) is 10.8. The van der Waals surface area contributed by atoms with E-state index in [0.29, 0.717) is 12.1 Å². The summed E-state index contributed by atoms with van der Waals surface area (Å²) in [6.45, 7) is 0. The van der Waals surface area contributed by atoms with Crippen LogP contribution in [0.2, 0.25) is 0 Å². The second kappa shape index (κ2) is 10.5. The van der Waals surface area contributed by atoms with Gasteiger partial charge in [-0.3, -0.25) is 4.79 Å². The van der Waals surface area contributed by atoms with Gasteiger partial charge in [-0.1, -0.05) is 36.4 Å². The molecule has 0 atom stereocenters. The minimum atomic E-state index is -4.84. The van der Waals surface area contributed by atoms with Crippen molar-refractivity contribution in [1.29, 1.82) is 0 Å². The number of nitrogens with one attached hydrogen (secondary N) is 1. The number of ether oxygens (including phenoxy) is 1. The Morgan fingerprint density at radius 1 is 0.903 bits per heavy atom. The third-order valence-corrected chi connectivity index (χ3v) is 3.81. The first-order chi connectivity index (χ1) is 14.6. The number of hydrogen-bond acceptors (Lipinski definition) is 3. The van der Waals surface area contributed by atoms with Crippen LogP contribution in [0.1, 0.15) is 15.9 Å². The number of rotatable bonds is 6. The van der Waals surface area contributed by atoms with Gasteiger partial charge in [-0.05, 0) is 30.3 Å². The topological polar surface area (TPSA) is 38.3 Å². The van der Waals surface area contributed by atoms with E-state index in [1.807, 2.05) is 36.4 Å². The lowest BCUT2D eigenvalue weighted by Crippen LogP contribution is -2.33. The number of hydrogen-bond donors (Lipinski definition) is 1. The summed E-state index contributed by atoms with van der Waals surface area (Å²) in [5.41, 5.74) is -0.500. The molecule has 3 rings (SSSR count). The zero-order valence-electron chi connectivity index (χ0n) is 16.1. The first kappa shape index (κ1) is 23.8. The Labute approximate surface area is 174 Å². The van der Waals surface area contributed by atoms with Crippen LogP contribution in [-0.2, 0) is 0 Å². The van der Waals surface area contributed by atoms with Gasteiger partial charge in [0.1, 0.15) is 17.4 Å². The summed E-state index contributed by atoms with van der Waals surface area (Å²) in [6.07, 6.45) is -8.98. The zero-order chi connectivity index (χ0) is 23.0. The van der Waals surface area contributed by atoms with Gasteiger partial charge >= 0.3 is 12.5 Å². The molecule has 3 aromatic rings. The minimum absolute atomic E-state index is 0.0111. The number of halogens is 6. The van der Waals surface area contributed by atoms with E-state index in [2.05, 4.69) is 10.1 Å². The second-order valence-electron chi connectivity index (χ2n) is 6.07. The van der Waals surface area contributed by atoms with Gasteiger partial charge in [-0.25, -0.2) is 8.78 Å². The highest BCUT2D eigenvalue weighted by atomic mass is 19.3. The molecule has 3 nitrogen and oxygen atoms in total. The first-order valence-corrected chi connectivity index (χ1v) is 8.81. The molecule has 0 saturated carbocycles. The molecule has 0 aliphatic heterocycles. The quantitative estimate of drug-likeness (QED) is 0.368. The summed E-state index contributed by atoms with van der Waals surface area (Å²) in [7, 11) is 1.41. The predicted octanol–water partition coefficient (Wildman–Crippen LogP) is 6.16. The fraction of sp³-hybridized carbons (Fsp3) is 0.136. The Morgan fingerprint density at radius 3 is 2.00 bits per heavy atom. The highest BCUT2D eigenvalue weighted by molar-refractivity contribution is 6.09. The van der Waals surface area contributed by atoms with Crippen molar-refractivity contribution in [2.75, 3.05) is 12.4 Å². The Kier molecular flexibility index (Phi) is 8.07. The summed E-state index contributed by atoms with van der Waals surface area (Å²) < 4.78 is 81.0. The van der Waals surface area contributed by atoms with Crippen LogP contribution in [0.5, 0.6) is 5.75 Å². The summed E-state index contributed by atoms with van der Waals surface area (Å²) in [6, 6.07) is 17.1. The number of carbonyl (C=O) groups excluding carboxylic acids is 1. The van der Waals surface area contributed by atoms with Gasteiger partial charge in [0.05, 0.1) is 5.69 Å². The predicted molar refractivity (Wildman–Crippen MR) is 104 cm³/mol. The summed E-state index contributed by atoms with van der Waals surface area (Å²) in [4.78, 5) is 12.3. The van der Waals surface area contributed by atoms with Crippen LogP contribution < -0.4 is 10.1 Å². The Bertz CT molecular complexity index is 985. The monoisotopic (exact) mass is 441 g/mol.